The lowest BCUT2D eigenvalue weighted by Gasteiger charge is -1.88. The summed E-state index contributed by atoms with van der Waals surface area (Å²) in [6, 6.07) is 3.90. The molecule has 0 spiro atoms. The Balaban J connectivity index is 2.01. The molecule has 1 aromatic heterocycles. The molecule has 2 rings (SSSR count). The molecular weight excluding hydrogens is 192 g/mol. The third-order valence-electron chi connectivity index (χ3n) is 2.52. The number of hydrazone groups is 1. The molecule has 1 aliphatic rings. The second-order valence-electron chi connectivity index (χ2n) is 3.87. The number of guanidine groups is 1. The fourth-order valence-electron chi connectivity index (χ4n) is 1.53. The Morgan fingerprint density at radius 1 is 1.60 bits per heavy atom. The first-order valence-electron chi connectivity index (χ1n) is 4.94. The van der Waals surface area contributed by atoms with E-state index in [1.165, 1.54) is 6.42 Å². The molecule has 0 amide bonds. The van der Waals surface area contributed by atoms with Gasteiger partial charge in [-0.25, -0.2) is 0 Å². The van der Waals surface area contributed by atoms with Gasteiger partial charge in [0, 0.05) is 11.0 Å². The molecule has 1 saturated carbocycles. The Hall–Kier alpha value is -1.78. The van der Waals surface area contributed by atoms with E-state index < -0.39 is 0 Å². The summed E-state index contributed by atoms with van der Waals surface area (Å²) in [4.78, 5) is 0. The number of furan rings is 1. The predicted octanol–water partition coefficient (Wildman–Crippen LogP) is -0.909. The normalized spacial score (nSPS) is 24.3. The van der Waals surface area contributed by atoms with Crippen molar-refractivity contribution in [3.63, 3.8) is 0 Å². The van der Waals surface area contributed by atoms with E-state index in [4.69, 9.17) is 15.9 Å². The minimum atomic E-state index is -0.00570. The molecule has 0 unspecified atom stereocenters. The van der Waals surface area contributed by atoms with E-state index in [2.05, 4.69) is 17.1 Å². The van der Waals surface area contributed by atoms with Crippen molar-refractivity contribution in [2.24, 2.45) is 22.5 Å². The van der Waals surface area contributed by atoms with Crippen LogP contribution >= 0.6 is 0 Å². The first kappa shape index (κ1) is 9.76. The largest absolute Gasteiger partial charge is 0.455 e. The smallest absolute Gasteiger partial charge is 0.256 e. The molecule has 1 aliphatic carbocycles. The molecule has 1 aromatic rings. The van der Waals surface area contributed by atoms with Gasteiger partial charge in [-0.2, -0.15) is 0 Å². The summed E-state index contributed by atoms with van der Waals surface area (Å²) >= 11 is 0. The molecule has 0 bridgehead atoms. The van der Waals surface area contributed by atoms with Crippen molar-refractivity contribution in [3.05, 3.63) is 23.7 Å². The second kappa shape index (κ2) is 3.76. The highest BCUT2D eigenvalue weighted by Gasteiger charge is 2.36. The molecule has 5 nitrogen and oxygen atoms in total. The van der Waals surface area contributed by atoms with Gasteiger partial charge < -0.3 is 15.9 Å². The van der Waals surface area contributed by atoms with Crippen molar-refractivity contribution < 1.29 is 9.52 Å². The van der Waals surface area contributed by atoms with Crippen molar-refractivity contribution in [1.29, 1.82) is 0 Å². The van der Waals surface area contributed by atoms with Crippen molar-refractivity contribution in [2.75, 3.05) is 0 Å². The van der Waals surface area contributed by atoms with Crippen molar-refractivity contribution in [1.82, 2.24) is 0 Å². The average molecular weight is 207 g/mol. The Morgan fingerprint density at radius 2 is 2.33 bits per heavy atom. The van der Waals surface area contributed by atoms with Gasteiger partial charge in [-0.3, -0.25) is 0 Å². The van der Waals surface area contributed by atoms with E-state index in [0.29, 0.717) is 5.92 Å². The molecule has 1 fully saturated rings. The number of hydrogen-bond acceptors (Lipinski definition) is 2. The van der Waals surface area contributed by atoms with Crippen LogP contribution in [-0.2, 0) is 0 Å². The van der Waals surface area contributed by atoms with E-state index in [1.54, 1.807) is 6.21 Å². The van der Waals surface area contributed by atoms with Crippen LogP contribution < -0.4 is 16.6 Å². The standard InChI is InChI=1S/C10H14N4O/c1-6-4-8(6)9-3-2-7(15-9)5-13-14-10(11)12/h2-3,5-6,8H,4H2,1H3,(H4,11,12,14)/p+1/b13-5+/t6-,8+/m1/s1. The van der Waals surface area contributed by atoms with E-state index in [0.717, 1.165) is 17.4 Å². The Morgan fingerprint density at radius 3 is 2.93 bits per heavy atom. The van der Waals surface area contributed by atoms with Crippen LogP contribution in [-0.4, -0.2) is 12.2 Å². The predicted molar refractivity (Wildman–Crippen MR) is 57.2 cm³/mol. The first-order chi connectivity index (χ1) is 7.16. The molecule has 0 radical (unpaired) electrons. The zero-order valence-corrected chi connectivity index (χ0v) is 8.60. The van der Waals surface area contributed by atoms with E-state index >= 15 is 0 Å². The van der Waals surface area contributed by atoms with E-state index in [-0.39, 0.29) is 5.96 Å². The molecule has 2 atom stereocenters. The number of nitrogens with one attached hydrogen (secondary N) is 1. The van der Waals surface area contributed by atoms with Gasteiger partial charge in [-0.1, -0.05) is 12.0 Å². The van der Waals surface area contributed by atoms with Crippen LogP contribution in [0.4, 0.5) is 0 Å². The minimum Gasteiger partial charge on any atom is -0.455 e. The van der Waals surface area contributed by atoms with Crippen LogP contribution in [0.15, 0.2) is 21.7 Å². The number of rotatable bonds is 3. The second-order valence-corrected chi connectivity index (χ2v) is 3.87. The highest BCUT2D eigenvalue weighted by molar-refractivity contribution is 5.75. The molecule has 0 saturated heterocycles. The fourth-order valence-corrected chi connectivity index (χ4v) is 1.53. The third-order valence-corrected chi connectivity index (χ3v) is 2.52. The SMILES string of the molecule is C[C@@H]1C[C@@H]1c1ccc(/C=[NH+]/N=C(N)N)o1. The average Bonchev–Trinajstić information content (AvgIpc) is 2.73. The Labute approximate surface area is 87.9 Å². The molecule has 80 valence electrons. The van der Waals surface area contributed by atoms with E-state index in [9.17, 15) is 0 Å². The van der Waals surface area contributed by atoms with Crippen molar-refractivity contribution >= 4 is 12.2 Å². The Bertz CT molecular complexity index is 403. The number of hydrogen-bond donors (Lipinski definition) is 3. The van der Waals surface area contributed by atoms with Crippen LogP contribution in [0, 0.1) is 5.92 Å². The monoisotopic (exact) mass is 207 g/mol. The lowest BCUT2D eigenvalue weighted by Crippen LogP contribution is -2.63. The molecule has 0 aliphatic heterocycles. The lowest BCUT2D eigenvalue weighted by atomic mass is 10.3. The summed E-state index contributed by atoms with van der Waals surface area (Å²) < 4.78 is 5.59. The maximum atomic E-state index is 5.59. The zero-order chi connectivity index (χ0) is 10.8. The summed E-state index contributed by atoms with van der Waals surface area (Å²) in [6.45, 7) is 2.22. The maximum Gasteiger partial charge on any atom is 0.256 e. The molecule has 0 aromatic carbocycles. The summed E-state index contributed by atoms with van der Waals surface area (Å²) in [7, 11) is 0. The Kier molecular flexibility index (Phi) is 2.45. The van der Waals surface area contributed by atoms with Crippen LogP contribution in [0.3, 0.4) is 0 Å². The van der Waals surface area contributed by atoms with Crippen molar-refractivity contribution in [2.45, 2.75) is 19.3 Å². The van der Waals surface area contributed by atoms with Crippen LogP contribution in [0.1, 0.15) is 30.8 Å². The third kappa shape index (κ3) is 2.37. The first-order valence-corrected chi connectivity index (χ1v) is 4.94. The lowest BCUT2D eigenvalue weighted by molar-refractivity contribution is -0.457. The summed E-state index contributed by atoms with van der Waals surface area (Å²) in [5.74, 6) is 3.10. The van der Waals surface area contributed by atoms with Crippen LogP contribution in [0.2, 0.25) is 0 Å². The minimum absolute atomic E-state index is 0.00570. The van der Waals surface area contributed by atoms with Gasteiger partial charge in [-0.05, 0) is 24.5 Å². The van der Waals surface area contributed by atoms with Gasteiger partial charge in [-0.15, -0.1) is 0 Å². The summed E-state index contributed by atoms with van der Waals surface area (Å²) in [5.41, 5.74) is 10.3. The summed E-state index contributed by atoms with van der Waals surface area (Å²) in [5, 5.41) is 6.22. The van der Waals surface area contributed by atoms with Gasteiger partial charge >= 0.3 is 0 Å². The van der Waals surface area contributed by atoms with Crippen LogP contribution in [0.5, 0.6) is 0 Å². The van der Waals surface area contributed by atoms with Crippen LogP contribution in [0.25, 0.3) is 0 Å². The van der Waals surface area contributed by atoms with Gasteiger partial charge in [0.25, 0.3) is 5.96 Å². The number of nitrogens with two attached hydrogens (primary N) is 2. The topological polar surface area (TPSA) is 91.5 Å². The quantitative estimate of drug-likeness (QED) is 0.340. The van der Waals surface area contributed by atoms with Gasteiger partial charge in [0.1, 0.15) is 5.76 Å². The zero-order valence-electron chi connectivity index (χ0n) is 8.60. The molecule has 5 N–H and O–H groups in total. The van der Waals surface area contributed by atoms with E-state index in [1.807, 2.05) is 12.1 Å². The highest BCUT2D eigenvalue weighted by atomic mass is 16.3. The van der Waals surface area contributed by atoms with Gasteiger partial charge in [0.2, 0.25) is 6.21 Å². The van der Waals surface area contributed by atoms with Crippen molar-refractivity contribution in [3.8, 4) is 0 Å². The highest BCUT2D eigenvalue weighted by Crippen LogP contribution is 2.47. The van der Waals surface area contributed by atoms with Gasteiger partial charge in [0.05, 0.1) is 0 Å². The summed E-state index contributed by atoms with van der Waals surface area (Å²) in [6.07, 6.45) is 2.84. The van der Waals surface area contributed by atoms with Gasteiger partial charge in [0.15, 0.2) is 5.76 Å². The number of nitrogens with zero attached hydrogens (tertiary/aromatic N) is 1. The maximum absolute atomic E-state index is 5.59. The fraction of sp³-hybridized carbons (Fsp3) is 0.400. The molecular formula is C10H15N4O+. The molecule has 1 heterocycles. The molecule has 15 heavy (non-hydrogen) atoms. The molecule has 5 heteroatoms.